The van der Waals surface area contributed by atoms with E-state index < -0.39 is 0 Å². The molecule has 0 unspecified atom stereocenters. The van der Waals surface area contributed by atoms with Crippen molar-refractivity contribution in [3.05, 3.63) is 63.1 Å². The number of amidine groups is 1. The molecular weight excluding hydrogens is 354 g/mol. The van der Waals surface area contributed by atoms with E-state index in [0.717, 1.165) is 15.7 Å². The number of benzene rings is 2. The Morgan fingerprint density at radius 1 is 1.29 bits per heavy atom. The largest absolute Gasteiger partial charge is 0.409 e. The van der Waals surface area contributed by atoms with Crippen molar-refractivity contribution in [3.8, 4) is 0 Å². The SMILES string of the molecule is CN(Cc1ccccc1Cl)c1cccc(Br)c1/C(N)=N/O. The van der Waals surface area contributed by atoms with Crippen molar-refractivity contribution in [1.82, 2.24) is 0 Å². The second-order valence-electron chi connectivity index (χ2n) is 4.57. The van der Waals surface area contributed by atoms with Gasteiger partial charge < -0.3 is 15.8 Å². The minimum absolute atomic E-state index is 0.0588. The summed E-state index contributed by atoms with van der Waals surface area (Å²) < 4.78 is 0.765. The zero-order valence-electron chi connectivity index (χ0n) is 11.4. The highest BCUT2D eigenvalue weighted by Crippen LogP contribution is 2.29. The molecule has 0 spiro atoms. The van der Waals surface area contributed by atoms with Crippen molar-refractivity contribution >= 4 is 39.1 Å². The molecule has 2 rings (SSSR count). The molecule has 0 aliphatic heterocycles. The van der Waals surface area contributed by atoms with Crippen LogP contribution in [0.3, 0.4) is 0 Å². The van der Waals surface area contributed by atoms with E-state index in [2.05, 4.69) is 21.1 Å². The lowest BCUT2D eigenvalue weighted by atomic mass is 10.1. The Morgan fingerprint density at radius 3 is 2.67 bits per heavy atom. The molecule has 0 aliphatic rings. The van der Waals surface area contributed by atoms with Crippen molar-refractivity contribution in [2.24, 2.45) is 10.9 Å². The molecule has 0 heterocycles. The van der Waals surface area contributed by atoms with Crippen LogP contribution in [0, 0.1) is 0 Å². The van der Waals surface area contributed by atoms with Gasteiger partial charge in [-0.15, -0.1) is 0 Å². The van der Waals surface area contributed by atoms with Gasteiger partial charge in [-0.1, -0.05) is 41.0 Å². The monoisotopic (exact) mass is 367 g/mol. The molecule has 110 valence electrons. The lowest BCUT2D eigenvalue weighted by molar-refractivity contribution is 0.318. The second-order valence-corrected chi connectivity index (χ2v) is 5.83. The Kier molecular flexibility index (Phi) is 5.09. The number of nitrogens with two attached hydrogens (primary N) is 1. The summed E-state index contributed by atoms with van der Waals surface area (Å²) in [5, 5.41) is 12.8. The van der Waals surface area contributed by atoms with Crippen molar-refractivity contribution in [2.75, 3.05) is 11.9 Å². The van der Waals surface area contributed by atoms with Crippen molar-refractivity contribution in [1.29, 1.82) is 0 Å². The Labute approximate surface area is 136 Å². The molecule has 3 N–H and O–H groups in total. The maximum atomic E-state index is 8.96. The minimum Gasteiger partial charge on any atom is -0.409 e. The molecule has 6 heteroatoms. The third-order valence-electron chi connectivity index (χ3n) is 3.13. The standard InChI is InChI=1S/C15H15BrClN3O/c1-20(9-10-5-2-3-7-12(10)17)13-8-4-6-11(16)14(13)15(18)19-21/h2-8,21H,9H2,1H3,(H2,18,19). The quantitative estimate of drug-likeness (QED) is 0.373. The summed E-state index contributed by atoms with van der Waals surface area (Å²) in [4.78, 5) is 2.00. The topological polar surface area (TPSA) is 61.8 Å². The second kappa shape index (κ2) is 6.83. The van der Waals surface area contributed by atoms with Crippen LogP contribution in [0.25, 0.3) is 0 Å². The molecule has 0 fully saturated rings. The van der Waals surface area contributed by atoms with Crippen LogP contribution in [0.4, 0.5) is 5.69 Å². The lowest BCUT2D eigenvalue weighted by Crippen LogP contribution is -2.23. The molecule has 0 aliphatic carbocycles. The van der Waals surface area contributed by atoms with E-state index in [9.17, 15) is 0 Å². The van der Waals surface area contributed by atoms with E-state index in [1.165, 1.54) is 0 Å². The van der Waals surface area contributed by atoms with Gasteiger partial charge >= 0.3 is 0 Å². The van der Waals surface area contributed by atoms with Gasteiger partial charge in [0.25, 0.3) is 0 Å². The first-order valence-electron chi connectivity index (χ1n) is 6.25. The summed E-state index contributed by atoms with van der Waals surface area (Å²) in [5.74, 6) is 0.0588. The molecule has 0 saturated heterocycles. The average molecular weight is 369 g/mol. The van der Waals surface area contributed by atoms with Crippen LogP contribution in [-0.2, 0) is 6.54 Å². The molecule has 2 aromatic rings. The van der Waals surface area contributed by atoms with Gasteiger partial charge in [-0.05, 0) is 39.7 Å². The van der Waals surface area contributed by atoms with E-state index in [4.69, 9.17) is 22.5 Å². The number of halogens is 2. The van der Waals surface area contributed by atoms with Crippen LogP contribution in [0.2, 0.25) is 5.02 Å². The number of nitrogens with zero attached hydrogens (tertiary/aromatic N) is 2. The predicted molar refractivity (Wildman–Crippen MR) is 90.2 cm³/mol. The molecule has 4 nitrogen and oxygen atoms in total. The van der Waals surface area contributed by atoms with Crippen LogP contribution in [0.15, 0.2) is 52.1 Å². The summed E-state index contributed by atoms with van der Waals surface area (Å²) >= 11 is 9.62. The highest BCUT2D eigenvalue weighted by molar-refractivity contribution is 9.10. The van der Waals surface area contributed by atoms with Gasteiger partial charge in [0.05, 0.1) is 5.56 Å². The van der Waals surface area contributed by atoms with Crippen LogP contribution in [0.5, 0.6) is 0 Å². The van der Waals surface area contributed by atoms with Gasteiger partial charge in [0.2, 0.25) is 0 Å². The van der Waals surface area contributed by atoms with Crippen LogP contribution in [-0.4, -0.2) is 18.1 Å². The van der Waals surface area contributed by atoms with Gasteiger partial charge in [-0.3, -0.25) is 0 Å². The maximum Gasteiger partial charge on any atom is 0.173 e. The first kappa shape index (κ1) is 15.7. The molecule has 21 heavy (non-hydrogen) atoms. The van der Waals surface area contributed by atoms with E-state index >= 15 is 0 Å². The minimum atomic E-state index is 0.0588. The number of hydrogen-bond donors (Lipinski definition) is 2. The average Bonchev–Trinajstić information content (AvgIpc) is 2.48. The first-order chi connectivity index (χ1) is 10.0. The molecular formula is C15H15BrClN3O. The summed E-state index contributed by atoms with van der Waals surface area (Å²) in [5.41, 5.74) is 8.28. The highest BCUT2D eigenvalue weighted by atomic mass is 79.9. The van der Waals surface area contributed by atoms with Crippen molar-refractivity contribution in [2.45, 2.75) is 6.54 Å². The zero-order valence-corrected chi connectivity index (χ0v) is 13.8. The Morgan fingerprint density at radius 2 is 2.00 bits per heavy atom. The fourth-order valence-corrected chi connectivity index (χ4v) is 2.86. The summed E-state index contributed by atoms with van der Waals surface area (Å²) in [7, 11) is 1.93. The summed E-state index contributed by atoms with van der Waals surface area (Å²) in [6.07, 6.45) is 0. The molecule has 2 aromatic carbocycles. The molecule has 0 radical (unpaired) electrons. The van der Waals surface area contributed by atoms with Gasteiger partial charge in [0.15, 0.2) is 5.84 Å². The Balaban J connectivity index is 2.38. The van der Waals surface area contributed by atoms with Crippen LogP contribution in [0.1, 0.15) is 11.1 Å². The van der Waals surface area contributed by atoms with Gasteiger partial charge in [0.1, 0.15) is 0 Å². The van der Waals surface area contributed by atoms with E-state index in [1.807, 2.05) is 54.4 Å². The summed E-state index contributed by atoms with van der Waals surface area (Å²) in [6, 6.07) is 13.3. The van der Waals surface area contributed by atoms with E-state index in [-0.39, 0.29) is 5.84 Å². The first-order valence-corrected chi connectivity index (χ1v) is 7.42. The van der Waals surface area contributed by atoms with Crippen LogP contribution >= 0.6 is 27.5 Å². The van der Waals surface area contributed by atoms with Gasteiger partial charge in [-0.2, -0.15) is 0 Å². The molecule has 0 aromatic heterocycles. The smallest absolute Gasteiger partial charge is 0.173 e. The highest BCUT2D eigenvalue weighted by Gasteiger charge is 2.15. The molecule has 0 atom stereocenters. The van der Waals surface area contributed by atoms with Gasteiger partial charge in [0, 0.05) is 28.8 Å². The zero-order chi connectivity index (χ0) is 15.4. The van der Waals surface area contributed by atoms with E-state index in [1.54, 1.807) is 0 Å². The third kappa shape index (κ3) is 3.49. The summed E-state index contributed by atoms with van der Waals surface area (Å²) in [6.45, 7) is 0.613. The fraction of sp³-hybridized carbons (Fsp3) is 0.133. The number of oxime groups is 1. The molecule has 0 amide bonds. The van der Waals surface area contributed by atoms with Gasteiger partial charge in [-0.25, -0.2) is 0 Å². The number of rotatable bonds is 4. The normalized spacial score (nSPS) is 11.5. The molecule has 0 bridgehead atoms. The molecule has 0 saturated carbocycles. The number of anilines is 1. The van der Waals surface area contributed by atoms with E-state index in [0.29, 0.717) is 17.1 Å². The Hall–Kier alpha value is -1.72. The Bertz CT molecular complexity index is 676. The number of hydrogen-bond acceptors (Lipinski definition) is 3. The maximum absolute atomic E-state index is 8.96. The fourth-order valence-electron chi connectivity index (χ4n) is 2.10. The van der Waals surface area contributed by atoms with Crippen molar-refractivity contribution in [3.63, 3.8) is 0 Å². The lowest BCUT2D eigenvalue weighted by Gasteiger charge is -2.23. The van der Waals surface area contributed by atoms with Crippen LogP contribution < -0.4 is 10.6 Å². The predicted octanol–water partition coefficient (Wildman–Crippen LogP) is 3.83. The van der Waals surface area contributed by atoms with Crippen molar-refractivity contribution < 1.29 is 5.21 Å². The third-order valence-corrected chi connectivity index (χ3v) is 4.16.